The number of halogens is 1. The number of nitrogens with zero attached hydrogens (tertiary/aromatic N) is 1. The molecule has 0 radical (unpaired) electrons. The molecule has 0 saturated carbocycles. The summed E-state index contributed by atoms with van der Waals surface area (Å²) in [5.74, 6) is 0. The normalized spacial score (nSPS) is 13.1. The summed E-state index contributed by atoms with van der Waals surface area (Å²) in [6.07, 6.45) is 1.75. The van der Waals surface area contributed by atoms with E-state index in [1.165, 1.54) is 12.1 Å². The summed E-state index contributed by atoms with van der Waals surface area (Å²) in [6, 6.07) is 10.5. The number of primary sulfonamides is 1. The van der Waals surface area contributed by atoms with E-state index in [0.717, 1.165) is 15.7 Å². The van der Waals surface area contributed by atoms with Crippen LogP contribution in [0.4, 0.5) is 0 Å². The first kappa shape index (κ1) is 16.1. The van der Waals surface area contributed by atoms with Crippen molar-refractivity contribution in [1.29, 1.82) is 0 Å². The van der Waals surface area contributed by atoms with Crippen molar-refractivity contribution < 1.29 is 8.42 Å². The Bertz CT molecular complexity index is 700. The minimum Gasteiger partial charge on any atom is -0.305 e. The van der Waals surface area contributed by atoms with Crippen LogP contribution in [0.15, 0.2) is 52.0 Å². The highest BCUT2D eigenvalue weighted by Crippen LogP contribution is 2.16. The fraction of sp³-hybridized carbons (Fsp3) is 0.214. The highest BCUT2D eigenvalue weighted by atomic mass is 79.9. The van der Waals surface area contributed by atoms with Crippen LogP contribution < -0.4 is 10.5 Å². The third-order valence-corrected chi connectivity index (χ3v) is 4.48. The summed E-state index contributed by atoms with van der Waals surface area (Å²) in [4.78, 5) is 4.40. The number of sulfonamides is 1. The van der Waals surface area contributed by atoms with Gasteiger partial charge in [0.05, 0.1) is 10.6 Å². The number of hydrogen-bond donors (Lipinski definition) is 2. The minimum absolute atomic E-state index is 0.0741. The molecule has 7 heteroatoms. The standard InChI is InChI=1S/C14H16BrN3O2S/c1-10(17-9-13-5-4-12(15)8-18-13)11-2-6-14(7-3-11)21(16,19)20/h2-8,10,17H,9H2,1H3,(H2,16,19,20). The molecule has 0 fully saturated rings. The number of pyridine rings is 1. The van der Waals surface area contributed by atoms with Gasteiger partial charge >= 0.3 is 0 Å². The van der Waals surface area contributed by atoms with Crippen molar-refractivity contribution in [3.8, 4) is 0 Å². The molecule has 2 rings (SSSR count). The number of rotatable bonds is 5. The quantitative estimate of drug-likeness (QED) is 0.846. The average Bonchev–Trinajstić information content (AvgIpc) is 2.45. The van der Waals surface area contributed by atoms with Crippen LogP contribution in [0.25, 0.3) is 0 Å². The van der Waals surface area contributed by atoms with Crippen molar-refractivity contribution in [1.82, 2.24) is 10.3 Å². The zero-order valence-corrected chi connectivity index (χ0v) is 13.9. The molecule has 3 N–H and O–H groups in total. The first-order chi connectivity index (χ1) is 9.86. The number of hydrogen-bond acceptors (Lipinski definition) is 4. The van der Waals surface area contributed by atoms with Crippen molar-refractivity contribution in [2.45, 2.75) is 24.4 Å². The molecule has 0 saturated heterocycles. The van der Waals surface area contributed by atoms with Crippen LogP contribution in [-0.4, -0.2) is 13.4 Å². The predicted octanol–water partition coefficient (Wildman–Crippen LogP) is 2.34. The lowest BCUT2D eigenvalue weighted by atomic mass is 10.1. The Morgan fingerprint density at radius 2 is 1.90 bits per heavy atom. The maximum Gasteiger partial charge on any atom is 0.238 e. The van der Waals surface area contributed by atoms with Gasteiger partial charge in [-0.2, -0.15) is 0 Å². The molecule has 5 nitrogen and oxygen atoms in total. The van der Waals surface area contributed by atoms with Gasteiger partial charge in [-0.05, 0) is 52.7 Å². The first-order valence-electron chi connectivity index (χ1n) is 6.33. The molecule has 0 spiro atoms. The summed E-state index contributed by atoms with van der Waals surface area (Å²) < 4.78 is 23.3. The number of nitrogens with one attached hydrogen (secondary N) is 1. The second kappa shape index (κ2) is 6.65. The minimum atomic E-state index is -3.64. The molecule has 1 unspecified atom stereocenters. The fourth-order valence-corrected chi connectivity index (χ4v) is 2.58. The van der Waals surface area contributed by atoms with Crippen LogP contribution in [0.2, 0.25) is 0 Å². The van der Waals surface area contributed by atoms with Gasteiger partial charge in [-0.3, -0.25) is 4.98 Å². The Balaban J connectivity index is 2.00. The van der Waals surface area contributed by atoms with E-state index in [-0.39, 0.29) is 10.9 Å². The summed E-state index contributed by atoms with van der Waals surface area (Å²) in [5.41, 5.74) is 1.92. The summed E-state index contributed by atoms with van der Waals surface area (Å²) in [5, 5.41) is 8.41. The lowest BCUT2D eigenvalue weighted by Gasteiger charge is -2.14. The highest BCUT2D eigenvalue weighted by Gasteiger charge is 2.09. The summed E-state index contributed by atoms with van der Waals surface area (Å²) >= 11 is 3.34. The zero-order valence-electron chi connectivity index (χ0n) is 11.5. The lowest BCUT2D eigenvalue weighted by molar-refractivity contribution is 0.567. The molecule has 0 aliphatic heterocycles. The third kappa shape index (κ3) is 4.60. The third-order valence-electron chi connectivity index (χ3n) is 3.09. The molecule has 0 aliphatic rings. The smallest absolute Gasteiger partial charge is 0.238 e. The second-order valence-corrected chi connectivity index (χ2v) is 7.16. The average molecular weight is 370 g/mol. The van der Waals surface area contributed by atoms with E-state index in [4.69, 9.17) is 5.14 Å². The van der Waals surface area contributed by atoms with E-state index >= 15 is 0 Å². The van der Waals surface area contributed by atoms with E-state index in [9.17, 15) is 8.42 Å². The van der Waals surface area contributed by atoms with Gasteiger partial charge in [-0.1, -0.05) is 12.1 Å². The van der Waals surface area contributed by atoms with Crippen LogP contribution in [0.5, 0.6) is 0 Å². The van der Waals surface area contributed by atoms with E-state index in [2.05, 4.69) is 26.2 Å². The molecule has 1 aromatic carbocycles. The number of benzene rings is 1. The monoisotopic (exact) mass is 369 g/mol. The van der Waals surface area contributed by atoms with Gasteiger partial charge in [0.1, 0.15) is 0 Å². The van der Waals surface area contributed by atoms with Crippen molar-refractivity contribution in [2.75, 3.05) is 0 Å². The Morgan fingerprint density at radius 1 is 1.24 bits per heavy atom. The molecule has 21 heavy (non-hydrogen) atoms. The van der Waals surface area contributed by atoms with Gasteiger partial charge in [-0.25, -0.2) is 13.6 Å². The van der Waals surface area contributed by atoms with Gasteiger partial charge in [0, 0.05) is 23.3 Å². The molecule has 2 aromatic rings. The van der Waals surface area contributed by atoms with Gasteiger partial charge in [0.15, 0.2) is 0 Å². The summed E-state index contributed by atoms with van der Waals surface area (Å²) in [7, 11) is -3.64. The van der Waals surface area contributed by atoms with Crippen molar-refractivity contribution >= 4 is 26.0 Å². The van der Waals surface area contributed by atoms with Gasteiger partial charge in [0.25, 0.3) is 0 Å². The molecule has 1 aromatic heterocycles. The molecular formula is C14H16BrN3O2S. The lowest BCUT2D eigenvalue weighted by Crippen LogP contribution is -2.19. The van der Waals surface area contributed by atoms with Crippen molar-refractivity contribution in [3.63, 3.8) is 0 Å². The van der Waals surface area contributed by atoms with Gasteiger partial charge in [0.2, 0.25) is 10.0 Å². The predicted molar refractivity (Wildman–Crippen MR) is 85.0 cm³/mol. The Kier molecular flexibility index (Phi) is 5.10. The fourth-order valence-electron chi connectivity index (χ4n) is 1.83. The van der Waals surface area contributed by atoms with Crippen molar-refractivity contribution in [3.05, 3.63) is 58.3 Å². The Hall–Kier alpha value is -1.28. The zero-order chi connectivity index (χ0) is 15.5. The molecular weight excluding hydrogens is 354 g/mol. The molecule has 112 valence electrons. The van der Waals surface area contributed by atoms with E-state index in [1.54, 1.807) is 18.3 Å². The maximum absolute atomic E-state index is 11.2. The number of aromatic nitrogens is 1. The molecule has 0 bridgehead atoms. The van der Waals surface area contributed by atoms with Crippen LogP contribution in [-0.2, 0) is 16.6 Å². The maximum atomic E-state index is 11.2. The van der Waals surface area contributed by atoms with Crippen molar-refractivity contribution in [2.24, 2.45) is 5.14 Å². The van der Waals surface area contributed by atoms with Gasteiger partial charge in [-0.15, -0.1) is 0 Å². The van der Waals surface area contributed by atoms with Gasteiger partial charge < -0.3 is 5.32 Å². The Morgan fingerprint density at radius 3 is 2.43 bits per heavy atom. The topological polar surface area (TPSA) is 85.1 Å². The second-order valence-electron chi connectivity index (χ2n) is 4.68. The first-order valence-corrected chi connectivity index (χ1v) is 8.67. The van der Waals surface area contributed by atoms with Crippen LogP contribution in [0.3, 0.4) is 0 Å². The highest BCUT2D eigenvalue weighted by molar-refractivity contribution is 9.10. The Labute approximate surface area is 132 Å². The van der Waals surface area contributed by atoms with E-state index in [1.807, 2.05) is 19.1 Å². The van der Waals surface area contributed by atoms with Crippen LogP contribution in [0, 0.1) is 0 Å². The number of nitrogens with two attached hydrogens (primary N) is 1. The van der Waals surface area contributed by atoms with Crippen LogP contribution in [0.1, 0.15) is 24.2 Å². The van der Waals surface area contributed by atoms with E-state index in [0.29, 0.717) is 6.54 Å². The molecule has 0 aliphatic carbocycles. The largest absolute Gasteiger partial charge is 0.305 e. The van der Waals surface area contributed by atoms with E-state index < -0.39 is 10.0 Å². The summed E-state index contributed by atoms with van der Waals surface area (Å²) in [6.45, 7) is 2.64. The van der Waals surface area contributed by atoms with Crippen LogP contribution >= 0.6 is 15.9 Å². The SMILES string of the molecule is CC(NCc1ccc(Br)cn1)c1ccc(S(N)(=O)=O)cc1. The molecule has 0 amide bonds. The molecule has 1 atom stereocenters. The molecule has 1 heterocycles.